The Bertz CT molecular complexity index is 996. The van der Waals surface area contributed by atoms with Crippen molar-refractivity contribution < 1.29 is 14.4 Å². The number of thioether (sulfide) groups is 1. The van der Waals surface area contributed by atoms with E-state index in [1.807, 2.05) is 47.9 Å². The number of imide groups is 1. The lowest BCUT2D eigenvalue weighted by atomic mass is 10.0. The third-order valence-electron chi connectivity index (χ3n) is 5.66. The predicted octanol–water partition coefficient (Wildman–Crippen LogP) is 3.62. The van der Waals surface area contributed by atoms with Crippen LogP contribution in [0.4, 0.5) is 5.69 Å². The fourth-order valence-corrected chi connectivity index (χ4v) is 5.19. The molecule has 0 radical (unpaired) electrons. The number of hydrogen-bond donors (Lipinski definition) is 2. The highest BCUT2D eigenvalue weighted by molar-refractivity contribution is 7.99. The quantitative estimate of drug-likeness (QED) is 0.314. The molecule has 8 heteroatoms. The minimum Gasteiger partial charge on any atom is -0.761 e. The number of likely N-dealkylation sites (tertiary alicyclic amines) is 1. The van der Waals surface area contributed by atoms with Crippen LogP contribution in [0.3, 0.4) is 0 Å². The molecule has 0 aromatic heterocycles. The van der Waals surface area contributed by atoms with Gasteiger partial charge >= 0.3 is 0 Å². The first kappa shape index (κ1) is 24.8. The average molecular weight is 469 g/mol. The number of rotatable bonds is 10. The third kappa shape index (κ3) is 6.15. The van der Waals surface area contributed by atoms with E-state index in [0.29, 0.717) is 17.4 Å². The lowest BCUT2D eigenvalue weighted by molar-refractivity contribution is -0.147. The van der Waals surface area contributed by atoms with Crippen LogP contribution < -0.4 is 10.8 Å². The zero-order valence-corrected chi connectivity index (χ0v) is 20.0. The Kier molecular flexibility index (Phi) is 8.52. The van der Waals surface area contributed by atoms with Gasteiger partial charge in [0.1, 0.15) is 6.04 Å². The van der Waals surface area contributed by atoms with Crippen LogP contribution in [-0.4, -0.2) is 41.5 Å². The van der Waals surface area contributed by atoms with Gasteiger partial charge in [0.15, 0.2) is 0 Å². The van der Waals surface area contributed by atoms with Gasteiger partial charge in [-0.25, -0.2) is 0 Å². The van der Waals surface area contributed by atoms with Crippen LogP contribution in [0.15, 0.2) is 53.4 Å². The zero-order valence-electron chi connectivity index (χ0n) is 19.2. The summed E-state index contributed by atoms with van der Waals surface area (Å²) in [6, 6.07) is 13.9. The maximum atomic E-state index is 13.2. The van der Waals surface area contributed by atoms with E-state index in [1.54, 1.807) is 6.07 Å². The van der Waals surface area contributed by atoms with Crippen molar-refractivity contribution in [2.75, 3.05) is 18.3 Å². The van der Waals surface area contributed by atoms with E-state index in [0.717, 1.165) is 27.3 Å². The van der Waals surface area contributed by atoms with E-state index in [1.165, 1.54) is 18.8 Å². The van der Waals surface area contributed by atoms with Crippen molar-refractivity contribution in [2.45, 2.75) is 44.0 Å². The number of nitrogens with zero attached hydrogens (tertiary/aromatic N) is 1. The maximum absolute atomic E-state index is 13.2. The lowest BCUT2D eigenvalue weighted by Crippen LogP contribution is -2.50. The fraction of sp³-hybridized carbons (Fsp3) is 0.400. The molecule has 0 saturated carbocycles. The molecule has 1 saturated heterocycles. The van der Waals surface area contributed by atoms with Crippen LogP contribution in [0.1, 0.15) is 31.4 Å². The lowest BCUT2D eigenvalue weighted by Gasteiger charge is -2.25. The van der Waals surface area contributed by atoms with Crippen LogP contribution in [0.2, 0.25) is 0 Å². The van der Waals surface area contributed by atoms with Gasteiger partial charge in [-0.1, -0.05) is 44.2 Å². The second-order valence-corrected chi connectivity index (χ2v) is 9.72. The molecule has 2 aromatic carbocycles. The summed E-state index contributed by atoms with van der Waals surface area (Å²) in [5, 5.41) is 13.7. The van der Waals surface area contributed by atoms with E-state index < -0.39 is 12.0 Å². The zero-order chi connectivity index (χ0) is 24.0. The van der Waals surface area contributed by atoms with Crippen LogP contribution in [-0.2, 0) is 27.2 Å². The Morgan fingerprint density at radius 3 is 2.52 bits per heavy atom. The SMILES string of the molecule is CNC(=O)[C@H](Cc1ccccc1)N1C(=O)C[C@@H](CSc2ccc(N[O-])cc2CC(C)C)C1=O. The van der Waals surface area contributed by atoms with Gasteiger partial charge in [0.05, 0.1) is 5.92 Å². The first-order valence-corrected chi connectivity index (χ1v) is 12.1. The van der Waals surface area contributed by atoms with Crippen LogP contribution >= 0.6 is 11.8 Å². The van der Waals surface area contributed by atoms with E-state index in [4.69, 9.17) is 0 Å². The first-order chi connectivity index (χ1) is 15.8. The second kappa shape index (κ2) is 11.3. The van der Waals surface area contributed by atoms with Gasteiger partial charge < -0.3 is 16.0 Å². The minimum atomic E-state index is -0.869. The summed E-state index contributed by atoms with van der Waals surface area (Å²) >= 11 is 1.51. The molecule has 2 atom stereocenters. The van der Waals surface area contributed by atoms with Gasteiger partial charge in [-0.2, -0.15) is 0 Å². The van der Waals surface area contributed by atoms with Gasteiger partial charge in [-0.05, 0) is 41.7 Å². The molecule has 0 spiro atoms. The molecule has 0 unspecified atom stereocenters. The van der Waals surface area contributed by atoms with Crippen LogP contribution in [0.5, 0.6) is 0 Å². The van der Waals surface area contributed by atoms with Gasteiger partial charge in [0.2, 0.25) is 17.7 Å². The molecule has 3 rings (SSSR count). The molecule has 176 valence electrons. The summed E-state index contributed by atoms with van der Waals surface area (Å²) in [4.78, 5) is 40.8. The predicted molar refractivity (Wildman–Crippen MR) is 131 cm³/mol. The smallest absolute Gasteiger partial charge is 0.243 e. The minimum absolute atomic E-state index is 0.0911. The molecule has 2 N–H and O–H groups in total. The first-order valence-electron chi connectivity index (χ1n) is 11.1. The highest BCUT2D eigenvalue weighted by atomic mass is 32.2. The van der Waals surface area contributed by atoms with E-state index in [-0.39, 0.29) is 30.6 Å². The number of anilines is 1. The molecule has 0 aliphatic carbocycles. The molecule has 1 heterocycles. The largest absolute Gasteiger partial charge is 0.761 e. The Balaban J connectivity index is 1.75. The molecule has 0 bridgehead atoms. The van der Waals surface area contributed by atoms with Crippen molar-refractivity contribution in [1.29, 1.82) is 0 Å². The summed E-state index contributed by atoms with van der Waals surface area (Å²) in [7, 11) is 1.51. The molecular formula is C25H30N3O4S-. The summed E-state index contributed by atoms with van der Waals surface area (Å²) in [6.45, 7) is 4.21. The van der Waals surface area contributed by atoms with Crippen LogP contribution in [0.25, 0.3) is 0 Å². The molecule has 1 aliphatic rings. The summed E-state index contributed by atoms with van der Waals surface area (Å²) in [5.41, 5.74) is 4.35. The number of hydrogen-bond acceptors (Lipinski definition) is 6. The van der Waals surface area contributed by atoms with E-state index in [9.17, 15) is 19.6 Å². The summed E-state index contributed by atoms with van der Waals surface area (Å²) in [6.07, 6.45) is 1.17. The molecule has 7 nitrogen and oxygen atoms in total. The van der Waals surface area contributed by atoms with Gasteiger partial charge in [-0.3, -0.25) is 19.3 Å². The standard InChI is InChI=1S/C25H30N3O4S/c1-16(2)11-18-13-20(27-32)9-10-22(18)33-15-19-14-23(29)28(25(19)31)21(24(30)26-3)12-17-7-5-4-6-8-17/h4-10,13,16,19,21,27H,11-12,14-15H2,1-3H3,(H,26,30)/q-1/t19-,21-/m0/s1. The van der Waals surface area contributed by atoms with E-state index in [2.05, 4.69) is 19.2 Å². The van der Waals surface area contributed by atoms with Gasteiger partial charge in [0, 0.05) is 36.2 Å². The number of carbonyl (C=O) groups excluding carboxylic acids is 3. The highest BCUT2D eigenvalue weighted by Gasteiger charge is 2.44. The van der Waals surface area contributed by atoms with Gasteiger partial charge in [0.25, 0.3) is 0 Å². The molecule has 3 amide bonds. The molecular weight excluding hydrogens is 438 g/mol. The normalized spacial score (nSPS) is 16.9. The van der Waals surface area contributed by atoms with Crippen molar-refractivity contribution in [2.24, 2.45) is 11.8 Å². The van der Waals surface area contributed by atoms with Crippen molar-refractivity contribution in [1.82, 2.24) is 10.2 Å². The second-order valence-electron chi connectivity index (χ2n) is 8.66. The summed E-state index contributed by atoms with van der Waals surface area (Å²) in [5.74, 6) is -0.628. The Hall–Kier alpha value is -2.84. The molecule has 33 heavy (non-hydrogen) atoms. The van der Waals surface area contributed by atoms with Gasteiger partial charge in [-0.15, -0.1) is 11.8 Å². The van der Waals surface area contributed by atoms with Crippen molar-refractivity contribution >= 4 is 35.2 Å². The Labute approximate surface area is 198 Å². The van der Waals surface area contributed by atoms with Crippen molar-refractivity contribution in [3.8, 4) is 0 Å². The van der Waals surface area contributed by atoms with Crippen LogP contribution in [0, 0.1) is 17.0 Å². The maximum Gasteiger partial charge on any atom is 0.243 e. The number of nitrogens with one attached hydrogen (secondary N) is 2. The number of carbonyl (C=O) groups is 3. The Morgan fingerprint density at radius 1 is 1.15 bits per heavy atom. The third-order valence-corrected chi connectivity index (χ3v) is 6.93. The van der Waals surface area contributed by atoms with Crippen molar-refractivity contribution in [3.05, 3.63) is 64.9 Å². The average Bonchev–Trinajstić information content (AvgIpc) is 3.09. The number of benzene rings is 2. The highest BCUT2D eigenvalue weighted by Crippen LogP contribution is 2.33. The summed E-state index contributed by atoms with van der Waals surface area (Å²) < 4.78 is 0. The van der Waals surface area contributed by atoms with Crippen molar-refractivity contribution in [3.63, 3.8) is 0 Å². The molecule has 1 fully saturated rings. The van der Waals surface area contributed by atoms with E-state index >= 15 is 0 Å². The molecule has 1 aliphatic heterocycles. The fourth-order valence-electron chi connectivity index (χ4n) is 4.05. The molecule has 2 aromatic rings. The topological polar surface area (TPSA) is 102 Å². The Morgan fingerprint density at radius 2 is 1.88 bits per heavy atom. The number of amides is 3. The number of likely N-dealkylation sites (N-methyl/N-ethyl adjacent to an activating group) is 1. The monoisotopic (exact) mass is 468 g/mol.